The number of carbonyl (C=O) groups is 2. The number of amides is 2. The minimum absolute atomic E-state index is 0.0190. The molecule has 2 aromatic rings. The number of nitrogens with zero attached hydrogens (tertiary/aromatic N) is 4. The summed E-state index contributed by atoms with van der Waals surface area (Å²) in [5.74, 6) is 0.465. The van der Waals surface area contributed by atoms with E-state index < -0.39 is 6.04 Å². The van der Waals surface area contributed by atoms with Crippen molar-refractivity contribution in [3.8, 4) is 11.4 Å². The van der Waals surface area contributed by atoms with Crippen LogP contribution in [0.2, 0.25) is 0 Å². The number of morpholine rings is 1. The van der Waals surface area contributed by atoms with Crippen LogP contribution in [0.25, 0.3) is 11.4 Å². The molecule has 136 valence electrons. The molecule has 26 heavy (non-hydrogen) atoms. The molecule has 1 aromatic heterocycles. The maximum atomic E-state index is 12.8. The van der Waals surface area contributed by atoms with Crippen molar-refractivity contribution in [3.05, 3.63) is 29.8 Å². The molecule has 0 aliphatic carbocycles. The van der Waals surface area contributed by atoms with E-state index in [4.69, 9.17) is 4.74 Å². The first-order valence-corrected chi connectivity index (χ1v) is 8.65. The molecule has 0 saturated carbocycles. The summed E-state index contributed by atoms with van der Waals surface area (Å²) in [7, 11) is 0. The molecule has 2 amide bonds. The van der Waals surface area contributed by atoms with Gasteiger partial charge in [0.2, 0.25) is 17.6 Å². The van der Waals surface area contributed by atoms with E-state index in [1.165, 1.54) is 0 Å². The number of tetrazole rings is 1. The van der Waals surface area contributed by atoms with Crippen LogP contribution >= 0.6 is 0 Å². The number of H-pyrrole nitrogens is 1. The molecular formula is C17H20N6O3. The van der Waals surface area contributed by atoms with Crippen LogP contribution in [0.15, 0.2) is 24.3 Å². The van der Waals surface area contributed by atoms with Gasteiger partial charge in [-0.25, -0.2) is 0 Å². The monoisotopic (exact) mass is 356 g/mol. The Labute approximate surface area is 150 Å². The second-order valence-corrected chi connectivity index (χ2v) is 6.73. The quantitative estimate of drug-likeness (QED) is 0.817. The van der Waals surface area contributed by atoms with Crippen LogP contribution in [0.4, 0.5) is 0 Å². The highest BCUT2D eigenvalue weighted by molar-refractivity contribution is 5.91. The van der Waals surface area contributed by atoms with Crippen molar-refractivity contribution < 1.29 is 14.3 Å². The van der Waals surface area contributed by atoms with Gasteiger partial charge in [0.15, 0.2) is 0 Å². The molecule has 0 bridgehead atoms. The lowest BCUT2D eigenvalue weighted by atomic mass is 10.0. The summed E-state index contributed by atoms with van der Waals surface area (Å²) >= 11 is 0. The average Bonchev–Trinajstić information content (AvgIpc) is 3.31. The van der Waals surface area contributed by atoms with Crippen LogP contribution in [0.5, 0.6) is 0 Å². The summed E-state index contributed by atoms with van der Waals surface area (Å²) < 4.78 is 5.85. The number of benzene rings is 1. The zero-order valence-electron chi connectivity index (χ0n) is 14.4. The first-order valence-electron chi connectivity index (χ1n) is 8.65. The van der Waals surface area contributed by atoms with Crippen LogP contribution < -0.4 is 5.32 Å². The fourth-order valence-electron chi connectivity index (χ4n) is 3.47. The van der Waals surface area contributed by atoms with E-state index in [1.807, 2.05) is 31.2 Å². The predicted octanol–water partition coefficient (Wildman–Crippen LogP) is 0.291. The Morgan fingerprint density at radius 1 is 1.31 bits per heavy atom. The van der Waals surface area contributed by atoms with E-state index in [-0.39, 0.29) is 23.8 Å². The second-order valence-electron chi connectivity index (χ2n) is 6.73. The maximum Gasteiger partial charge on any atom is 0.245 e. The van der Waals surface area contributed by atoms with Crippen LogP contribution in [-0.4, -0.2) is 63.1 Å². The Kier molecular flexibility index (Phi) is 4.37. The lowest BCUT2D eigenvalue weighted by Gasteiger charge is -2.35. The molecule has 2 aliphatic heterocycles. The van der Waals surface area contributed by atoms with Gasteiger partial charge in [0.05, 0.1) is 13.2 Å². The molecule has 3 atom stereocenters. The van der Waals surface area contributed by atoms with Gasteiger partial charge in [-0.05, 0) is 16.7 Å². The van der Waals surface area contributed by atoms with Crippen molar-refractivity contribution >= 4 is 11.8 Å². The molecule has 9 heteroatoms. The van der Waals surface area contributed by atoms with Crippen molar-refractivity contribution in [1.29, 1.82) is 0 Å². The van der Waals surface area contributed by atoms with E-state index in [0.29, 0.717) is 31.9 Å². The van der Waals surface area contributed by atoms with Gasteiger partial charge >= 0.3 is 0 Å². The molecule has 0 radical (unpaired) electrons. The number of aromatic nitrogens is 4. The van der Waals surface area contributed by atoms with Crippen molar-refractivity contribution in [2.45, 2.75) is 25.5 Å². The van der Waals surface area contributed by atoms with E-state index in [1.54, 1.807) is 4.90 Å². The van der Waals surface area contributed by atoms with Gasteiger partial charge in [0.1, 0.15) is 12.1 Å². The van der Waals surface area contributed by atoms with Gasteiger partial charge in [-0.15, -0.1) is 10.2 Å². The van der Waals surface area contributed by atoms with Gasteiger partial charge < -0.3 is 15.0 Å². The topological polar surface area (TPSA) is 113 Å². The number of rotatable bonds is 3. The summed E-state index contributed by atoms with van der Waals surface area (Å²) in [6.45, 7) is 3.40. The Bertz CT molecular complexity index is 791. The smallest absolute Gasteiger partial charge is 0.245 e. The molecule has 3 heterocycles. The van der Waals surface area contributed by atoms with Crippen molar-refractivity contribution in [3.63, 3.8) is 0 Å². The summed E-state index contributed by atoms with van der Waals surface area (Å²) in [5.41, 5.74) is 1.84. The van der Waals surface area contributed by atoms with Crippen LogP contribution in [-0.2, 0) is 14.3 Å². The number of hydrogen-bond acceptors (Lipinski definition) is 6. The minimum Gasteiger partial charge on any atom is -0.370 e. The van der Waals surface area contributed by atoms with E-state index in [2.05, 4.69) is 25.9 Å². The normalized spacial score (nSPS) is 26.0. The summed E-state index contributed by atoms with van der Waals surface area (Å²) in [5, 5.41) is 16.7. The van der Waals surface area contributed by atoms with Crippen molar-refractivity contribution in [2.75, 3.05) is 19.7 Å². The highest BCUT2D eigenvalue weighted by atomic mass is 16.5. The third-order valence-electron chi connectivity index (χ3n) is 4.92. The number of hydrogen-bond donors (Lipinski definition) is 2. The Hall–Kier alpha value is -2.81. The summed E-state index contributed by atoms with van der Waals surface area (Å²) in [6.07, 6.45) is 0.210. The number of carbonyl (C=O) groups excluding carboxylic acids is 2. The third kappa shape index (κ3) is 3.17. The number of nitrogens with one attached hydrogen (secondary N) is 2. The highest BCUT2D eigenvalue weighted by Crippen LogP contribution is 2.26. The zero-order chi connectivity index (χ0) is 18.1. The molecule has 2 fully saturated rings. The van der Waals surface area contributed by atoms with Crippen molar-refractivity contribution in [1.82, 2.24) is 30.8 Å². The molecule has 3 unspecified atom stereocenters. The van der Waals surface area contributed by atoms with Gasteiger partial charge in [-0.3, -0.25) is 9.59 Å². The number of ether oxygens (including phenoxy) is 1. The van der Waals surface area contributed by atoms with Gasteiger partial charge in [0.25, 0.3) is 0 Å². The first-order chi connectivity index (χ1) is 12.6. The zero-order valence-corrected chi connectivity index (χ0v) is 14.4. The second kappa shape index (κ2) is 6.83. The molecule has 4 rings (SSSR count). The summed E-state index contributed by atoms with van der Waals surface area (Å²) in [4.78, 5) is 26.1. The fourth-order valence-corrected chi connectivity index (χ4v) is 3.47. The molecule has 0 spiro atoms. The van der Waals surface area contributed by atoms with E-state index >= 15 is 0 Å². The minimum atomic E-state index is -0.429. The summed E-state index contributed by atoms with van der Waals surface area (Å²) in [6, 6.07) is 7.28. The SMILES string of the molecule is CC1CC(=O)NC1C(=O)N1CCOC(c2ccc(-c3nn[nH]n3)cc2)C1. The largest absolute Gasteiger partial charge is 0.370 e. The predicted molar refractivity (Wildman–Crippen MR) is 90.6 cm³/mol. The lowest BCUT2D eigenvalue weighted by Crippen LogP contribution is -2.51. The van der Waals surface area contributed by atoms with E-state index in [0.717, 1.165) is 11.1 Å². The molecule has 1 aromatic carbocycles. The Morgan fingerprint density at radius 3 is 2.77 bits per heavy atom. The molecule has 9 nitrogen and oxygen atoms in total. The van der Waals surface area contributed by atoms with Gasteiger partial charge in [-0.2, -0.15) is 5.21 Å². The Balaban J connectivity index is 1.45. The van der Waals surface area contributed by atoms with Gasteiger partial charge in [0, 0.05) is 18.5 Å². The molecule has 2 saturated heterocycles. The maximum absolute atomic E-state index is 12.8. The fraction of sp³-hybridized carbons (Fsp3) is 0.471. The lowest BCUT2D eigenvalue weighted by molar-refractivity contribution is -0.142. The molecule has 2 N–H and O–H groups in total. The number of aromatic amines is 1. The molecular weight excluding hydrogens is 336 g/mol. The highest BCUT2D eigenvalue weighted by Gasteiger charge is 2.38. The first kappa shape index (κ1) is 16.6. The van der Waals surface area contributed by atoms with Gasteiger partial charge in [-0.1, -0.05) is 31.2 Å². The third-order valence-corrected chi connectivity index (χ3v) is 4.92. The van der Waals surface area contributed by atoms with E-state index in [9.17, 15) is 9.59 Å². The van der Waals surface area contributed by atoms with Crippen LogP contribution in [0.1, 0.15) is 25.0 Å². The molecule has 2 aliphatic rings. The standard InChI is InChI=1S/C17H20N6O3/c1-10-8-14(24)18-15(10)17(25)23-6-7-26-13(9-23)11-2-4-12(5-3-11)16-19-21-22-20-16/h2-5,10,13,15H,6-9H2,1H3,(H,18,24)(H,19,20,21,22). The Morgan fingerprint density at radius 2 is 2.12 bits per heavy atom. The van der Waals surface area contributed by atoms with Crippen LogP contribution in [0.3, 0.4) is 0 Å². The average molecular weight is 356 g/mol. The van der Waals surface area contributed by atoms with Crippen molar-refractivity contribution in [2.24, 2.45) is 5.92 Å². The van der Waals surface area contributed by atoms with Crippen LogP contribution in [0, 0.1) is 5.92 Å².